The molecule has 0 aliphatic carbocycles. The van der Waals surface area contributed by atoms with Crippen LogP contribution in [0.25, 0.3) is 0 Å². The van der Waals surface area contributed by atoms with Gasteiger partial charge < -0.3 is 28.8 Å². The summed E-state index contributed by atoms with van der Waals surface area (Å²) >= 11 is 0. The fourth-order valence-corrected chi connectivity index (χ4v) is 2.81. The second kappa shape index (κ2) is 10.0. The van der Waals surface area contributed by atoms with Gasteiger partial charge in [-0.05, 0) is 61.2 Å². The summed E-state index contributed by atoms with van der Waals surface area (Å²) in [5, 5.41) is 9.26. The Balaban J connectivity index is 1.46. The number of phenols is 1. The Morgan fingerprint density at radius 3 is 2.56 bits per heavy atom. The Bertz CT molecular complexity index is 694. The van der Waals surface area contributed by atoms with Crippen LogP contribution >= 0.6 is 0 Å². The number of benzene rings is 2. The molecule has 6 nitrogen and oxygen atoms in total. The highest BCUT2D eigenvalue weighted by atomic mass is 16.7. The lowest BCUT2D eigenvalue weighted by Crippen LogP contribution is -2.22. The van der Waals surface area contributed by atoms with Crippen LogP contribution < -0.4 is 14.2 Å². The lowest BCUT2D eigenvalue weighted by atomic mass is 10.2. The van der Waals surface area contributed by atoms with Crippen molar-refractivity contribution in [1.82, 2.24) is 0 Å². The van der Waals surface area contributed by atoms with Crippen LogP contribution in [0.3, 0.4) is 0 Å². The third-order valence-corrected chi connectivity index (χ3v) is 4.25. The first kappa shape index (κ1) is 19.3. The van der Waals surface area contributed by atoms with E-state index in [0.717, 1.165) is 31.4 Å². The fourth-order valence-electron chi connectivity index (χ4n) is 2.81. The average Bonchev–Trinajstić information content (AvgIpc) is 2.72. The summed E-state index contributed by atoms with van der Waals surface area (Å²) in [6.45, 7) is 2.01. The molecule has 1 heterocycles. The average molecular weight is 374 g/mol. The van der Waals surface area contributed by atoms with E-state index >= 15 is 0 Å². The molecule has 1 aliphatic rings. The number of methoxy groups -OCH3 is 1. The third kappa shape index (κ3) is 6.05. The number of hydrogen-bond acceptors (Lipinski definition) is 6. The molecule has 0 aromatic heterocycles. The summed E-state index contributed by atoms with van der Waals surface area (Å²) in [7, 11) is 1.62. The van der Waals surface area contributed by atoms with E-state index in [-0.39, 0.29) is 12.0 Å². The predicted molar refractivity (Wildman–Crippen MR) is 100 cm³/mol. The van der Waals surface area contributed by atoms with Crippen molar-refractivity contribution in [1.29, 1.82) is 0 Å². The first-order valence-corrected chi connectivity index (χ1v) is 9.19. The second-order valence-corrected chi connectivity index (χ2v) is 6.28. The Morgan fingerprint density at radius 2 is 1.81 bits per heavy atom. The maximum absolute atomic E-state index is 9.26. The molecule has 0 bridgehead atoms. The van der Waals surface area contributed by atoms with Gasteiger partial charge in [0.2, 0.25) is 0 Å². The molecule has 0 amide bonds. The van der Waals surface area contributed by atoms with Gasteiger partial charge in [0, 0.05) is 6.61 Å². The monoisotopic (exact) mass is 374 g/mol. The first-order chi connectivity index (χ1) is 13.2. The standard InChI is InChI=1S/C21H26O6/c1-23-20-14-16(15-27-21-4-2-3-11-26-21)5-10-19(20)25-13-12-24-18-8-6-17(22)7-9-18/h5-10,14,21-22H,2-4,11-13,15H2,1H3. The SMILES string of the molecule is COc1cc(COC2CCCCO2)ccc1OCCOc1ccc(O)cc1. The van der Waals surface area contributed by atoms with Crippen molar-refractivity contribution in [2.24, 2.45) is 0 Å². The maximum Gasteiger partial charge on any atom is 0.161 e. The van der Waals surface area contributed by atoms with Crippen molar-refractivity contribution in [3.8, 4) is 23.0 Å². The van der Waals surface area contributed by atoms with Crippen LogP contribution in [0.4, 0.5) is 0 Å². The fraction of sp³-hybridized carbons (Fsp3) is 0.429. The maximum atomic E-state index is 9.26. The molecule has 0 saturated carbocycles. The van der Waals surface area contributed by atoms with E-state index in [1.807, 2.05) is 18.2 Å². The summed E-state index contributed by atoms with van der Waals surface area (Å²) in [5.74, 6) is 2.21. The summed E-state index contributed by atoms with van der Waals surface area (Å²) in [6.07, 6.45) is 3.08. The molecule has 6 heteroatoms. The Labute approximate surface area is 159 Å². The van der Waals surface area contributed by atoms with Gasteiger partial charge in [0.25, 0.3) is 0 Å². The number of rotatable bonds is 9. The van der Waals surface area contributed by atoms with Gasteiger partial charge in [0.15, 0.2) is 17.8 Å². The highest BCUT2D eigenvalue weighted by molar-refractivity contribution is 5.42. The van der Waals surface area contributed by atoms with Gasteiger partial charge in [-0.3, -0.25) is 0 Å². The molecule has 1 atom stereocenters. The molecule has 3 rings (SSSR count). The predicted octanol–water partition coefficient (Wildman–Crippen LogP) is 3.90. The lowest BCUT2D eigenvalue weighted by molar-refractivity contribution is -0.168. The molecule has 0 radical (unpaired) electrons. The smallest absolute Gasteiger partial charge is 0.161 e. The molecule has 0 spiro atoms. The zero-order valence-corrected chi connectivity index (χ0v) is 15.6. The van der Waals surface area contributed by atoms with Gasteiger partial charge in [0.05, 0.1) is 13.7 Å². The summed E-state index contributed by atoms with van der Waals surface area (Å²) in [6, 6.07) is 12.3. The van der Waals surface area contributed by atoms with Crippen LogP contribution in [-0.4, -0.2) is 38.3 Å². The number of aromatic hydroxyl groups is 1. The minimum Gasteiger partial charge on any atom is -0.508 e. The van der Waals surface area contributed by atoms with Crippen LogP contribution in [0.1, 0.15) is 24.8 Å². The Morgan fingerprint density at radius 1 is 1.00 bits per heavy atom. The molecule has 1 aliphatic heterocycles. The molecule has 1 saturated heterocycles. The minimum absolute atomic E-state index is 0.113. The molecular formula is C21H26O6. The number of hydrogen-bond donors (Lipinski definition) is 1. The first-order valence-electron chi connectivity index (χ1n) is 9.19. The van der Waals surface area contributed by atoms with Crippen LogP contribution in [0.15, 0.2) is 42.5 Å². The van der Waals surface area contributed by atoms with Gasteiger partial charge in [-0.15, -0.1) is 0 Å². The van der Waals surface area contributed by atoms with E-state index in [9.17, 15) is 5.11 Å². The highest BCUT2D eigenvalue weighted by Crippen LogP contribution is 2.29. The zero-order chi connectivity index (χ0) is 18.9. The molecule has 2 aromatic carbocycles. The topological polar surface area (TPSA) is 66.4 Å². The lowest BCUT2D eigenvalue weighted by Gasteiger charge is -2.22. The van der Waals surface area contributed by atoms with Crippen LogP contribution in [0.2, 0.25) is 0 Å². The molecule has 1 N–H and O–H groups in total. The van der Waals surface area contributed by atoms with E-state index in [1.54, 1.807) is 31.4 Å². The van der Waals surface area contributed by atoms with Crippen molar-refractivity contribution in [2.75, 3.05) is 26.9 Å². The largest absolute Gasteiger partial charge is 0.508 e. The number of phenolic OH excluding ortho intramolecular Hbond substituents is 1. The van der Waals surface area contributed by atoms with Crippen molar-refractivity contribution in [2.45, 2.75) is 32.2 Å². The second-order valence-electron chi connectivity index (χ2n) is 6.28. The molecule has 146 valence electrons. The Kier molecular flexibility index (Phi) is 7.19. The zero-order valence-electron chi connectivity index (χ0n) is 15.6. The van der Waals surface area contributed by atoms with E-state index in [1.165, 1.54) is 0 Å². The van der Waals surface area contributed by atoms with Gasteiger partial charge in [0.1, 0.15) is 24.7 Å². The molecule has 1 fully saturated rings. The van der Waals surface area contributed by atoms with E-state index < -0.39 is 0 Å². The van der Waals surface area contributed by atoms with Crippen LogP contribution in [-0.2, 0) is 16.1 Å². The van der Waals surface area contributed by atoms with Crippen LogP contribution in [0, 0.1) is 0 Å². The van der Waals surface area contributed by atoms with E-state index in [2.05, 4.69) is 0 Å². The number of ether oxygens (including phenoxy) is 5. The minimum atomic E-state index is -0.113. The molecule has 2 aromatic rings. The van der Waals surface area contributed by atoms with E-state index in [4.69, 9.17) is 23.7 Å². The van der Waals surface area contributed by atoms with Crippen molar-refractivity contribution in [3.63, 3.8) is 0 Å². The van der Waals surface area contributed by atoms with Crippen molar-refractivity contribution >= 4 is 0 Å². The Hall–Kier alpha value is -2.44. The summed E-state index contributed by atoms with van der Waals surface area (Å²) < 4.78 is 28.1. The third-order valence-electron chi connectivity index (χ3n) is 4.25. The van der Waals surface area contributed by atoms with Gasteiger partial charge in [-0.25, -0.2) is 0 Å². The van der Waals surface area contributed by atoms with E-state index in [0.29, 0.717) is 37.1 Å². The molecular weight excluding hydrogens is 348 g/mol. The van der Waals surface area contributed by atoms with Gasteiger partial charge in [-0.1, -0.05) is 6.07 Å². The summed E-state index contributed by atoms with van der Waals surface area (Å²) in [4.78, 5) is 0. The van der Waals surface area contributed by atoms with Crippen LogP contribution in [0.5, 0.6) is 23.0 Å². The molecule has 27 heavy (non-hydrogen) atoms. The van der Waals surface area contributed by atoms with Crippen molar-refractivity contribution < 1.29 is 28.8 Å². The quantitative estimate of drug-likeness (QED) is 0.672. The normalized spacial score (nSPS) is 16.7. The molecule has 1 unspecified atom stereocenters. The van der Waals surface area contributed by atoms with Gasteiger partial charge in [-0.2, -0.15) is 0 Å². The highest BCUT2D eigenvalue weighted by Gasteiger charge is 2.14. The van der Waals surface area contributed by atoms with Crippen molar-refractivity contribution in [3.05, 3.63) is 48.0 Å². The van der Waals surface area contributed by atoms with Gasteiger partial charge >= 0.3 is 0 Å². The summed E-state index contributed by atoms with van der Waals surface area (Å²) in [5.41, 5.74) is 1.01.